The predicted molar refractivity (Wildman–Crippen MR) is 179 cm³/mol. The summed E-state index contributed by atoms with van der Waals surface area (Å²) in [6, 6.07) is 33.8. The second-order valence-corrected chi connectivity index (χ2v) is 16.8. The van der Waals surface area contributed by atoms with Crippen molar-refractivity contribution in [3.63, 3.8) is 0 Å². The van der Waals surface area contributed by atoms with Crippen LogP contribution in [0, 0.1) is 5.21 Å². The Kier molecular flexibility index (Phi) is 11.6. The molecule has 3 aromatic carbocycles. The topological polar surface area (TPSA) is 35.5 Å². The second-order valence-electron chi connectivity index (χ2n) is 13.2. The van der Waals surface area contributed by atoms with E-state index in [-0.39, 0.29) is 17.2 Å². The third-order valence-corrected chi connectivity index (χ3v) is 13.4. The Balaban J connectivity index is 1.20. The van der Waals surface area contributed by atoms with Crippen molar-refractivity contribution >= 4 is 23.2 Å². The van der Waals surface area contributed by atoms with Crippen molar-refractivity contribution in [2.45, 2.75) is 109 Å². The van der Waals surface area contributed by atoms with Gasteiger partial charge in [-0.05, 0) is 96.2 Å². The lowest BCUT2D eigenvalue weighted by Gasteiger charge is -2.59. The number of unbranched alkanes of at least 4 members (excludes halogenated alkanes) is 7. The van der Waals surface area contributed by atoms with Gasteiger partial charge in [-0.1, -0.05) is 86.7 Å². The highest BCUT2D eigenvalue weighted by Crippen LogP contribution is 2.56. The highest BCUT2D eigenvalue weighted by atomic mass is 31.2. The maximum Gasteiger partial charge on any atom is 0.112 e. The van der Waals surface area contributed by atoms with E-state index in [1.807, 2.05) is 27.7 Å². The molecule has 0 unspecified atom stereocenters. The molecule has 0 aromatic heterocycles. The zero-order chi connectivity index (χ0) is 29.2. The number of hydrogen-bond donors (Lipinski definition) is 0. The molecule has 3 nitrogen and oxygen atoms in total. The Morgan fingerprint density at radius 2 is 0.976 bits per heavy atom. The van der Waals surface area contributed by atoms with Gasteiger partial charge in [0.05, 0.1) is 12.3 Å². The second kappa shape index (κ2) is 14.9. The predicted octanol–water partition coefficient (Wildman–Crippen LogP) is 8.64. The molecule has 0 spiro atoms. The van der Waals surface area contributed by atoms with Gasteiger partial charge in [0.2, 0.25) is 0 Å². The molecule has 1 heterocycles. The molecule has 4 rings (SSSR count). The van der Waals surface area contributed by atoms with Crippen molar-refractivity contribution in [1.82, 2.24) is 5.06 Å². The third kappa shape index (κ3) is 8.29. The molecule has 0 atom stereocenters. The fourth-order valence-corrected chi connectivity index (χ4v) is 11.3. The van der Waals surface area contributed by atoms with Crippen LogP contribution in [0.1, 0.15) is 91.9 Å². The van der Waals surface area contributed by atoms with Gasteiger partial charge in [-0.25, -0.2) is 0 Å². The van der Waals surface area contributed by atoms with Crippen molar-refractivity contribution in [2.75, 3.05) is 12.8 Å². The van der Waals surface area contributed by atoms with Crippen LogP contribution in [-0.2, 0) is 4.74 Å². The van der Waals surface area contributed by atoms with E-state index in [1.165, 1.54) is 72.1 Å². The molecule has 0 bridgehead atoms. The molecule has 222 valence electrons. The van der Waals surface area contributed by atoms with Crippen molar-refractivity contribution in [3.05, 3.63) is 96.2 Å². The minimum absolute atomic E-state index is 0.197. The maximum atomic E-state index is 12.6. The summed E-state index contributed by atoms with van der Waals surface area (Å²) >= 11 is 0. The largest absolute Gasteiger partial charge is 0.784 e. The van der Waals surface area contributed by atoms with Crippen molar-refractivity contribution in [1.29, 1.82) is 0 Å². The Morgan fingerprint density at radius 3 is 1.39 bits per heavy atom. The number of nitrogens with zero attached hydrogens (tertiary/aromatic N) is 1. The van der Waals surface area contributed by atoms with Crippen LogP contribution in [0.3, 0.4) is 0 Å². The normalized spacial score (nSPS) is 17.5. The first-order valence-corrected chi connectivity index (χ1v) is 17.9. The maximum absolute atomic E-state index is 12.6. The quantitative estimate of drug-likeness (QED) is 0.135. The number of rotatable bonds is 15. The summed E-state index contributed by atoms with van der Waals surface area (Å²) in [6.45, 7) is 9.00. The Morgan fingerprint density at radius 1 is 0.610 bits per heavy atom. The fraction of sp³-hybridized carbons (Fsp3) is 0.514. The average Bonchev–Trinajstić information content (AvgIpc) is 2.98. The monoisotopic (exact) mass is 573 g/mol. The van der Waals surface area contributed by atoms with Gasteiger partial charge in [0.1, 0.15) is 23.2 Å². The average molecular weight is 574 g/mol. The van der Waals surface area contributed by atoms with Crippen molar-refractivity contribution in [3.8, 4) is 0 Å². The highest BCUT2D eigenvalue weighted by molar-refractivity contribution is 7.95. The number of piperidine rings is 1. The van der Waals surface area contributed by atoms with Crippen LogP contribution in [0.15, 0.2) is 91.0 Å². The third-order valence-electron chi connectivity index (χ3n) is 8.89. The van der Waals surface area contributed by atoms with Gasteiger partial charge >= 0.3 is 0 Å². The van der Waals surface area contributed by atoms with Crippen LogP contribution in [0.4, 0.5) is 0 Å². The first kappa shape index (κ1) is 31.9. The lowest BCUT2D eigenvalue weighted by Crippen LogP contribution is -2.59. The zero-order valence-corrected chi connectivity index (χ0v) is 26.8. The van der Waals surface area contributed by atoms with E-state index >= 15 is 0 Å². The Hall–Kier alpha value is -2.03. The van der Waals surface area contributed by atoms with E-state index in [1.54, 1.807) is 0 Å². The molecule has 0 amide bonds. The Bertz CT molecular complexity index is 1030. The molecule has 41 heavy (non-hydrogen) atoms. The van der Waals surface area contributed by atoms with Crippen molar-refractivity contribution < 1.29 is 4.74 Å². The fourth-order valence-electron chi connectivity index (χ4n) is 6.93. The van der Waals surface area contributed by atoms with Crippen LogP contribution in [0.5, 0.6) is 0 Å². The van der Waals surface area contributed by atoms with E-state index in [0.717, 1.165) is 25.9 Å². The van der Waals surface area contributed by atoms with Gasteiger partial charge in [-0.15, -0.1) is 0 Å². The molecule has 3 aromatic rings. The smallest absolute Gasteiger partial charge is 0.112 e. The first-order valence-electron chi connectivity index (χ1n) is 15.9. The Labute approximate surface area is 250 Å². The number of hydrogen-bond acceptors (Lipinski definition) is 3. The van der Waals surface area contributed by atoms with Gasteiger partial charge in [0.25, 0.3) is 0 Å². The van der Waals surface area contributed by atoms with E-state index in [4.69, 9.17) is 4.74 Å². The molecule has 4 heteroatoms. The summed E-state index contributed by atoms with van der Waals surface area (Å²) < 4.78 is 6.24. The summed E-state index contributed by atoms with van der Waals surface area (Å²) in [7, 11) is -1.69. The van der Waals surface area contributed by atoms with Crippen LogP contribution in [0.25, 0.3) is 0 Å². The van der Waals surface area contributed by atoms with Crippen LogP contribution in [0.2, 0.25) is 0 Å². The van der Waals surface area contributed by atoms with E-state index < -0.39 is 7.26 Å². The number of ether oxygens (including phenoxy) is 1. The number of hydroxylamine groups is 2. The SMILES string of the molecule is CC1(C)CC(OCCCCCCCCCC[P+](c2ccccc2)(c2ccccc2)c2ccccc2)CC(C)(C)N1[O-]. The molecule has 1 fully saturated rings. The van der Waals surface area contributed by atoms with E-state index in [0.29, 0.717) is 0 Å². The molecule has 1 saturated heterocycles. The standard InChI is InChI=1S/C37H52NO2P/c1-36(2)30-32(31-37(3,4)38(36)39)40-28-20-9-7-5-6-8-10-21-29-41(33-22-14-11-15-23-33,34-24-16-12-17-25-34)35-26-18-13-19-27-35/h11-19,22-27,32H,5-10,20-21,28-31H2,1-4H3. The molecular formula is C37H52NO2P. The highest BCUT2D eigenvalue weighted by Gasteiger charge is 2.44. The molecule has 0 aliphatic carbocycles. The lowest BCUT2D eigenvalue weighted by molar-refractivity contribution is -0.0813. The molecular weight excluding hydrogens is 521 g/mol. The summed E-state index contributed by atoms with van der Waals surface area (Å²) in [6.07, 6.45) is 13.2. The van der Waals surface area contributed by atoms with Crippen LogP contribution >= 0.6 is 7.26 Å². The summed E-state index contributed by atoms with van der Waals surface area (Å²) in [5.41, 5.74) is -0.700. The van der Waals surface area contributed by atoms with Crippen LogP contribution in [-0.4, -0.2) is 35.0 Å². The summed E-state index contributed by atoms with van der Waals surface area (Å²) in [4.78, 5) is 0. The minimum atomic E-state index is -1.69. The molecule has 0 saturated carbocycles. The van der Waals surface area contributed by atoms with Crippen LogP contribution < -0.4 is 15.9 Å². The summed E-state index contributed by atoms with van der Waals surface area (Å²) in [5, 5.41) is 18.3. The molecule has 1 aliphatic heterocycles. The summed E-state index contributed by atoms with van der Waals surface area (Å²) in [5.74, 6) is 0. The first-order chi connectivity index (χ1) is 19.8. The lowest BCUT2D eigenvalue weighted by atomic mass is 9.80. The van der Waals surface area contributed by atoms with Gasteiger partial charge in [0, 0.05) is 17.7 Å². The number of benzene rings is 3. The van der Waals surface area contributed by atoms with Crippen molar-refractivity contribution in [2.24, 2.45) is 0 Å². The molecule has 1 aliphatic rings. The molecule has 0 radical (unpaired) electrons. The molecule has 0 N–H and O–H groups in total. The van der Waals surface area contributed by atoms with Gasteiger partial charge in [-0.2, -0.15) is 0 Å². The van der Waals surface area contributed by atoms with Gasteiger partial charge in [0.15, 0.2) is 0 Å². The van der Waals surface area contributed by atoms with Gasteiger partial charge in [-0.3, -0.25) is 0 Å². The minimum Gasteiger partial charge on any atom is -0.784 e. The van der Waals surface area contributed by atoms with E-state index in [2.05, 4.69) is 91.0 Å². The van der Waals surface area contributed by atoms with Gasteiger partial charge < -0.3 is 15.0 Å². The van der Waals surface area contributed by atoms with E-state index in [9.17, 15) is 5.21 Å². The zero-order valence-electron chi connectivity index (χ0n) is 25.9.